The predicted octanol–water partition coefficient (Wildman–Crippen LogP) is 5.90. The van der Waals surface area contributed by atoms with Gasteiger partial charge in [-0.2, -0.15) is 0 Å². The van der Waals surface area contributed by atoms with Gasteiger partial charge in [-0.25, -0.2) is 0 Å². The molecule has 1 atom stereocenters. The van der Waals surface area contributed by atoms with Crippen molar-refractivity contribution in [2.24, 2.45) is 5.92 Å². The van der Waals surface area contributed by atoms with E-state index in [1.54, 1.807) is 0 Å². The smallest absolute Gasteiger partial charge is 0.0319 e. The third-order valence-corrected chi connectivity index (χ3v) is 3.06. The molecule has 0 fully saturated rings. The Bertz CT molecular complexity index is 167. The zero-order valence-electron chi connectivity index (χ0n) is 11.4. The molecule has 0 heteroatoms. The van der Waals surface area contributed by atoms with E-state index in [9.17, 15) is 0 Å². The van der Waals surface area contributed by atoms with E-state index in [1.165, 1.54) is 57.8 Å². The van der Waals surface area contributed by atoms with Crippen LogP contribution in [0.2, 0.25) is 0 Å². The Balaban J connectivity index is 3.65. The minimum Gasteiger partial charge on any atom is -0.103 e. The largest absolute Gasteiger partial charge is 0.103 e. The Morgan fingerprint density at radius 2 is 1.75 bits per heavy atom. The van der Waals surface area contributed by atoms with Gasteiger partial charge in [0.2, 0.25) is 0 Å². The van der Waals surface area contributed by atoms with Gasteiger partial charge in [0, 0.05) is 0 Å². The van der Waals surface area contributed by atoms with E-state index in [0.717, 1.165) is 5.92 Å². The lowest BCUT2D eigenvalue weighted by Gasteiger charge is -2.12. The Morgan fingerprint density at radius 1 is 0.938 bits per heavy atom. The summed E-state index contributed by atoms with van der Waals surface area (Å²) in [4.78, 5) is 0. The first-order valence-corrected chi connectivity index (χ1v) is 7.11. The molecule has 0 radical (unpaired) electrons. The van der Waals surface area contributed by atoms with E-state index in [-0.39, 0.29) is 0 Å². The summed E-state index contributed by atoms with van der Waals surface area (Å²) in [5.41, 5.74) is 0. The third kappa shape index (κ3) is 10.0. The van der Waals surface area contributed by atoms with E-state index >= 15 is 0 Å². The quantitative estimate of drug-likeness (QED) is 0.302. The lowest BCUT2D eigenvalue weighted by atomic mass is 9.94. The molecule has 1 unspecified atom stereocenters. The molecule has 0 saturated heterocycles. The summed E-state index contributed by atoms with van der Waals surface area (Å²) >= 11 is 0. The topological polar surface area (TPSA) is 0 Å². The standard InChI is InChI=1S/C16H30/c1-4-7-9-11-14-16(13-6-3)15-12-10-8-5-2/h6,9,11,16H,3-5,7-8,10,12-15H2,1-2H3. The van der Waals surface area contributed by atoms with Crippen molar-refractivity contribution < 1.29 is 0 Å². The van der Waals surface area contributed by atoms with Crippen LogP contribution >= 0.6 is 0 Å². The van der Waals surface area contributed by atoms with Crippen LogP contribution in [-0.2, 0) is 0 Å². The second-order valence-electron chi connectivity index (χ2n) is 4.74. The molecule has 0 heterocycles. The first-order valence-electron chi connectivity index (χ1n) is 7.11. The van der Waals surface area contributed by atoms with Gasteiger partial charge in [-0.3, -0.25) is 0 Å². The lowest BCUT2D eigenvalue weighted by Crippen LogP contribution is -1.97. The van der Waals surface area contributed by atoms with Crippen LogP contribution in [0.25, 0.3) is 0 Å². The number of hydrogen-bond donors (Lipinski definition) is 0. The molecule has 0 aliphatic carbocycles. The SMILES string of the molecule is C=CCC(CC=CCCC)CCCCCC. The second kappa shape index (κ2) is 12.5. The zero-order chi connectivity index (χ0) is 12.1. The number of rotatable bonds is 11. The maximum Gasteiger partial charge on any atom is -0.0319 e. The molecular weight excluding hydrogens is 192 g/mol. The van der Waals surface area contributed by atoms with Crippen molar-refractivity contribution in [3.05, 3.63) is 24.8 Å². The van der Waals surface area contributed by atoms with Crippen molar-refractivity contribution in [1.29, 1.82) is 0 Å². The van der Waals surface area contributed by atoms with E-state index in [1.807, 2.05) is 0 Å². The summed E-state index contributed by atoms with van der Waals surface area (Å²) in [6, 6.07) is 0. The molecule has 0 aromatic carbocycles. The number of unbranched alkanes of at least 4 members (excludes halogenated alkanes) is 4. The van der Waals surface area contributed by atoms with Gasteiger partial charge in [0.25, 0.3) is 0 Å². The summed E-state index contributed by atoms with van der Waals surface area (Å²) in [6.45, 7) is 8.37. The highest BCUT2D eigenvalue weighted by Gasteiger charge is 2.04. The van der Waals surface area contributed by atoms with Gasteiger partial charge < -0.3 is 0 Å². The molecule has 0 spiro atoms. The van der Waals surface area contributed by atoms with Crippen LogP contribution in [0.15, 0.2) is 24.8 Å². The van der Waals surface area contributed by atoms with E-state index in [0.29, 0.717) is 0 Å². The van der Waals surface area contributed by atoms with Gasteiger partial charge in [-0.15, -0.1) is 6.58 Å². The summed E-state index contributed by atoms with van der Waals surface area (Å²) in [5.74, 6) is 0.836. The molecule has 0 bridgehead atoms. The Kier molecular flexibility index (Phi) is 12.1. The Morgan fingerprint density at radius 3 is 2.38 bits per heavy atom. The molecule has 0 N–H and O–H groups in total. The van der Waals surface area contributed by atoms with E-state index in [4.69, 9.17) is 0 Å². The van der Waals surface area contributed by atoms with Gasteiger partial charge in [0.05, 0.1) is 0 Å². The normalized spacial score (nSPS) is 13.1. The van der Waals surface area contributed by atoms with Crippen LogP contribution in [-0.4, -0.2) is 0 Å². The molecule has 0 saturated carbocycles. The summed E-state index contributed by atoms with van der Waals surface area (Å²) in [6.07, 6.45) is 18.6. The molecular formula is C16H30. The predicted molar refractivity (Wildman–Crippen MR) is 75.7 cm³/mol. The van der Waals surface area contributed by atoms with Crippen molar-refractivity contribution in [3.63, 3.8) is 0 Å². The van der Waals surface area contributed by atoms with Gasteiger partial charge in [-0.1, -0.05) is 64.2 Å². The second-order valence-corrected chi connectivity index (χ2v) is 4.74. The third-order valence-electron chi connectivity index (χ3n) is 3.06. The Hall–Kier alpha value is -0.520. The van der Waals surface area contributed by atoms with Crippen molar-refractivity contribution in [3.8, 4) is 0 Å². The van der Waals surface area contributed by atoms with Gasteiger partial charge in [0.15, 0.2) is 0 Å². The van der Waals surface area contributed by atoms with Crippen LogP contribution in [0, 0.1) is 5.92 Å². The minimum atomic E-state index is 0.836. The maximum absolute atomic E-state index is 3.87. The molecule has 16 heavy (non-hydrogen) atoms. The number of allylic oxidation sites excluding steroid dienone is 3. The summed E-state index contributed by atoms with van der Waals surface area (Å²) in [7, 11) is 0. The fourth-order valence-electron chi connectivity index (χ4n) is 2.00. The van der Waals surface area contributed by atoms with Crippen LogP contribution in [0.1, 0.15) is 71.6 Å². The molecule has 0 nitrogen and oxygen atoms in total. The average Bonchev–Trinajstić information content (AvgIpc) is 2.30. The van der Waals surface area contributed by atoms with Crippen molar-refractivity contribution in [2.75, 3.05) is 0 Å². The first kappa shape index (κ1) is 15.5. The molecule has 94 valence electrons. The fourth-order valence-corrected chi connectivity index (χ4v) is 2.00. The lowest BCUT2D eigenvalue weighted by molar-refractivity contribution is 0.462. The van der Waals surface area contributed by atoms with Crippen LogP contribution in [0.3, 0.4) is 0 Å². The van der Waals surface area contributed by atoms with Gasteiger partial charge >= 0.3 is 0 Å². The molecule has 0 amide bonds. The molecule has 0 aliphatic rings. The summed E-state index contributed by atoms with van der Waals surface area (Å²) in [5, 5.41) is 0. The van der Waals surface area contributed by atoms with Gasteiger partial charge in [-0.05, 0) is 31.6 Å². The monoisotopic (exact) mass is 222 g/mol. The molecule has 0 aliphatic heterocycles. The van der Waals surface area contributed by atoms with E-state index in [2.05, 4.69) is 38.7 Å². The summed E-state index contributed by atoms with van der Waals surface area (Å²) < 4.78 is 0. The van der Waals surface area contributed by atoms with Crippen molar-refractivity contribution >= 4 is 0 Å². The highest BCUT2D eigenvalue weighted by molar-refractivity contribution is 4.86. The van der Waals surface area contributed by atoms with Crippen LogP contribution in [0.5, 0.6) is 0 Å². The van der Waals surface area contributed by atoms with Crippen LogP contribution in [0.4, 0.5) is 0 Å². The van der Waals surface area contributed by atoms with E-state index < -0.39 is 0 Å². The van der Waals surface area contributed by atoms with Crippen molar-refractivity contribution in [2.45, 2.75) is 71.6 Å². The number of hydrogen-bond acceptors (Lipinski definition) is 0. The zero-order valence-corrected chi connectivity index (χ0v) is 11.4. The highest BCUT2D eigenvalue weighted by atomic mass is 14.1. The minimum absolute atomic E-state index is 0.836. The van der Waals surface area contributed by atoms with Gasteiger partial charge in [0.1, 0.15) is 0 Å². The fraction of sp³-hybridized carbons (Fsp3) is 0.750. The maximum atomic E-state index is 3.87. The average molecular weight is 222 g/mol. The molecule has 0 rings (SSSR count). The first-order chi connectivity index (χ1) is 7.85. The van der Waals surface area contributed by atoms with Crippen molar-refractivity contribution in [1.82, 2.24) is 0 Å². The molecule has 0 aromatic rings. The highest BCUT2D eigenvalue weighted by Crippen LogP contribution is 2.19. The molecule has 0 aromatic heterocycles. The Labute approximate surface area is 103 Å². The van der Waals surface area contributed by atoms with Crippen LogP contribution < -0.4 is 0 Å².